The summed E-state index contributed by atoms with van der Waals surface area (Å²) in [5.74, 6) is -0.167. The summed E-state index contributed by atoms with van der Waals surface area (Å²) in [6.45, 7) is 3.27. The van der Waals surface area contributed by atoms with Crippen LogP contribution in [0.4, 0.5) is 14.5 Å². The molecule has 1 amide bonds. The average Bonchev–Trinajstić information content (AvgIpc) is 2.53. The number of hydrogen-bond donors (Lipinski definition) is 0. The molecule has 1 aliphatic heterocycles. The van der Waals surface area contributed by atoms with Crippen molar-refractivity contribution >= 4 is 30.7 Å². The first-order valence-electron chi connectivity index (χ1n) is 6.81. The molecule has 2 radical (unpaired) electrons. The van der Waals surface area contributed by atoms with E-state index in [0.29, 0.717) is 11.3 Å². The van der Waals surface area contributed by atoms with E-state index in [1.807, 2.05) is 0 Å². The lowest BCUT2D eigenvalue weighted by molar-refractivity contribution is -0.127. The number of ketones is 1. The fourth-order valence-corrected chi connectivity index (χ4v) is 3.24. The van der Waals surface area contributed by atoms with E-state index in [0.717, 1.165) is 0 Å². The Morgan fingerprint density at radius 2 is 1.90 bits per heavy atom. The van der Waals surface area contributed by atoms with Crippen molar-refractivity contribution in [1.29, 1.82) is 0 Å². The first-order chi connectivity index (χ1) is 9.73. The van der Waals surface area contributed by atoms with Crippen LogP contribution in [0.15, 0.2) is 12.1 Å². The molecule has 1 aromatic carbocycles. The molecule has 0 atom stereocenters. The van der Waals surface area contributed by atoms with E-state index in [2.05, 4.69) is 0 Å². The molecule has 3 rings (SSSR count). The maximum Gasteiger partial charge on any atom is 0.264 e. The molecule has 2 aliphatic rings. The number of nitrogens with zero attached hydrogens (tertiary/aromatic N) is 1. The number of rotatable bonds is 2. The van der Waals surface area contributed by atoms with Gasteiger partial charge in [0, 0.05) is 24.1 Å². The molecule has 1 aliphatic carbocycles. The number of amides is 1. The Morgan fingerprint density at radius 3 is 2.43 bits per heavy atom. The van der Waals surface area contributed by atoms with Crippen LogP contribution in [0, 0.1) is 0 Å². The minimum absolute atomic E-state index is 0.0806. The third-order valence-corrected chi connectivity index (χ3v) is 4.34. The Bertz CT molecular complexity index is 649. The van der Waals surface area contributed by atoms with Crippen LogP contribution in [0.5, 0.6) is 0 Å². The lowest BCUT2D eigenvalue weighted by Crippen LogP contribution is -2.49. The second kappa shape index (κ2) is 4.39. The number of anilines is 1. The van der Waals surface area contributed by atoms with Gasteiger partial charge in [0.2, 0.25) is 5.91 Å². The summed E-state index contributed by atoms with van der Waals surface area (Å²) >= 11 is 0. The van der Waals surface area contributed by atoms with Gasteiger partial charge < -0.3 is 4.90 Å². The normalized spacial score (nSPS) is 20.9. The van der Waals surface area contributed by atoms with Crippen LogP contribution in [-0.4, -0.2) is 25.6 Å². The fourth-order valence-electron chi connectivity index (χ4n) is 3.24. The molecular weight excluding hydrogens is 275 g/mol. The fraction of sp³-hybridized carbons (Fsp3) is 0.467. The molecule has 0 bridgehead atoms. The van der Waals surface area contributed by atoms with E-state index in [1.165, 1.54) is 11.0 Å². The molecular formula is C15H14BF2NO2. The highest BCUT2D eigenvalue weighted by Gasteiger charge is 2.50. The molecule has 21 heavy (non-hydrogen) atoms. The average molecular weight is 289 g/mol. The van der Waals surface area contributed by atoms with Crippen LogP contribution >= 0.6 is 0 Å². The standard InChI is InChI=1S/C15H14BF2NO2/c1-15(2)12-10(13(17)18)3-7(16)4-11(12)19(14(15)21)8-5-9(20)6-8/h3-4,8,13H,5-6H2,1-2H3. The first kappa shape index (κ1) is 14.2. The van der Waals surface area contributed by atoms with Crippen molar-refractivity contribution in [3.63, 3.8) is 0 Å². The second-order valence-electron chi connectivity index (χ2n) is 6.21. The largest absolute Gasteiger partial charge is 0.307 e. The van der Waals surface area contributed by atoms with Crippen molar-refractivity contribution in [2.24, 2.45) is 0 Å². The van der Waals surface area contributed by atoms with Crippen molar-refractivity contribution < 1.29 is 18.4 Å². The molecule has 0 N–H and O–H groups in total. The highest BCUT2D eigenvalue weighted by Crippen LogP contribution is 2.47. The number of carbonyl (C=O) groups excluding carboxylic acids is 2. The lowest BCUT2D eigenvalue weighted by Gasteiger charge is -2.35. The van der Waals surface area contributed by atoms with Crippen LogP contribution < -0.4 is 10.4 Å². The van der Waals surface area contributed by atoms with Gasteiger partial charge >= 0.3 is 0 Å². The molecule has 3 nitrogen and oxygen atoms in total. The molecule has 1 aromatic rings. The topological polar surface area (TPSA) is 37.4 Å². The monoisotopic (exact) mass is 289 g/mol. The minimum Gasteiger partial charge on any atom is -0.307 e. The van der Waals surface area contributed by atoms with Crippen molar-refractivity contribution in [1.82, 2.24) is 0 Å². The van der Waals surface area contributed by atoms with Crippen molar-refractivity contribution in [3.8, 4) is 0 Å². The van der Waals surface area contributed by atoms with Gasteiger partial charge in [0.15, 0.2) is 0 Å². The van der Waals surface area contributed by atoms with Gasteiger partial charge in [-0.05, 0) is 25.5 Å². The summed E-state index contributed by atoms with van der Waals surface area (Å²) in [5.41, 5.74) is -0.275. The number of Topliss-reactive ketones (excluding diaryl/α,β-unsaturated/α-hetero) is 1. The number of fused-ring (bicyclic) bond motifs is 1. The van der Waals surface area contributed by atoms with E-state index >= 15 is 0 Å². The van der Waals surface area contributed by atoms with Gasteiger partial charge in [-0.15, -0.1) is 0 Å². The van der Waals surface area contributed by atoms with E-state index in [1.54, 1.807) is 19.9 Å². The zero-order valence-corrected chi connectivity index (χ0v) is 11.8. The zero-order valence-electron chi connectivity index (χ0n) is 11.8. The number of benzene rings is 1. The molecule has 1 saturated carbocycles. The Kier molecular flexibility index (Phi) is 2.97. The van der Waals surface area contributed by atoms with E-state index in [4.69, 9.17) is 7.85 Å². The Labute approximate surface area is 122 Å². The van der Waals surface area contributed by atoms with Gasteiger partial charge in [-0.2, -0.15) is 0 Å². The minimum atomic E-state index is -2.70. The molecule has 1 heterocycles. The Hall–Kier alpha value is -1.72. The van der Waals surface area contributed by atoms with Gasteiger partial charge in [0.05, 0.1) is 11.5 Å². The third kappa shape index (κ3) is 1.92. The molecule has 6 heteroatoms. The molecule has 0 aromatic heterocycles. The summed E-state index contributed by atoms with van der Waals surface area (Å²) in [4.78, 5) is 25.3. The second-order valence-corrected chi connectivity index (χ2v) is 6.21. The Balaban J connectivity index is 2.19. The highest BCUT2D eigenvalue weighted by atomic mass is 19.3. The number of halogens is 2. The molecule has 0 unspecified atom stereocenters. The quantitative estimate of drug-likeness (QED) is 0.778. The first-order valence-corrected chi connectivity index (χ1v) is 6.81. The summed E-state index contributed by atoms with van der Waals surface area (Å²) in [7, 11) is 5.71. The molecule has 108 valence electrons. The van der Waals surface area contributed by atoms with Crippen LogP contribution in [-0.2, 0) is 15.0 Å². The highest BCUT2D eigenvalue weighted by molar-refractivity contribution is 6.33. The third-order valence-electron chi connectivity index (χ3n) is 4.34. The smallest absolute Gasteiger partial charge is 0.264 e. The predicted molar refractivity (Wildman–Crippen MR) is 75.3 cm³/mol. The van der Waals surface area contributed by atoms with E-state index < -0.39 is 11.8 Å². The van der Waals surface area contributed by atoms with Gasteiger partial charge in [0.1, 0.15) is 13.6 Å². The zero-order chi connectivity index (χ0) is 15.5. The van der Waals surface area contributed by atoms with Crippen molar-refractivity contribution in [3.05, 3.63) is 23.3 Å². The molecule has 0 saturated heterocycles. The number of alkyl halides is 2. The number of carbonyl (C=O) groups is 2. The van der Waals surface area contributed by atoms with E-state index in [-0.39, 0.29) is 41.6 Å². The summed E-state index contributed by atoms with van der Waals surface area (Å²) < 4.78 is 26.6. The van der Waals surface area contributed by atoms with Crippen LogP contribution in [0.1, 0.15) is 44.2 Å². The van der Waals surface area contributed by atoms with Crippen LogP contribution in [0.2, 0.25) is 0 Å². The molecule has 1 fully saturated rings. The maximum atomic E-state index is 13.3. The lowest BCUT2D eigenvalue weighted by atomic mass is 9.80. The van der Waals surface area contributed by atoms with Gasteiger partial charge in [-0.25, -0.2) is 8.78 Å². The summed E-state index contributed by atoms with van der Waals surface area (Å²) in [6, 6.07) is 2.54. The molecule has 0 spiro atoms. The van der Waals surface area contributed by atoms with Crippen molar-refractivity contribution in [2.45, 2.75) is 44.6 Å². The summed E-state index contributed by atoms with van der Waals surface area (Å²) in [6.07, 6.45) is -2.14. The summed E-state index contributed by atoms with van der Waals surface area (Å²) in [5, 5.41) is 0. The maximum absolute atomic E-state index is 13.3. The predicted octanol–water partition coefficient (Wildman–Crippen LogP) is 1.77. The van der Waals surface area contributed by atoms with Crippen molar-refractivity contribution in [2.75, 3.05) is 4.90 Å². The number of hydrogen-bond acceptors (Lipinski definition) is 2. The Morgan fingerprint density at radius 1 is 1.29 bits per heavy atom. The SMILES string of the molecule is [B]c1cc(C(F)F)c2c(c1)N(C1CC(=O)C1)C(=O)C2(C)C. The van der Waals surface area contributed by atoms with Gasteiger partial charge in [-0.3, -0.25) is 9.59 Å². The van der Waals surface area contributed by atoms with Gasteiger partial charge in [-0.1, -0.05) is 11.5 Å². The van der Waals surface area contributed by atoms with Gasteiger partial charge in [0.25, 0.3) is 6.43 Å². The van der Waals surface area contributed by atoms with Crippen LogP contribution in [0.25, 0.3) is 0 Å². The van der Waals surface area contributed by atoms with Crippen LogP contribution in [0.3, 0.4) is 0 Å². The van der Waals surface area contributed by atoms with E-state index in [9.17, 15) is 18.4 Å².